The van der Waals surface area contributed by atoms with Gasteiger partial charge in [-0.1, -0.05) is 29.3 Å². The van der Waals surface area contributed by atoms with E-state index in [0.29, 0.717) is 11.6 Å². The molecule has 0 aliphatic rings. The molecule has 0 fully saturated rings. The van der Waals surface area contributed by atoms with Gasteiger partial charge in [0.25, 0.3) is 0 Å². The van der Waals surface area contributed by atoms with Gasteiger partial charge >= 0.3 is 0 Å². The summed E-state index contributed by atoms with van der Waals surface area (Å²) in [5.74, 6) is 0.901. The van der Waals surface area contributed by atoms with Crippen molar-refractivity contribution in [2.24, 2.45) is 0 Å². The number of nitrogens with one attached hydrogen (secondary N) is 2. The zero-order chi connectivity index (χ0) is 13.2. The summed E-state index contributed by atoms with van der Waals surface area (Å²) in [6.45, 7) is 2.74. The van der Waals surface area contributed by atoms with Crippen molar-refractivity contribution in [1.29, 1.82) is 0 Å². The summed E-state index contributed by atoms with van der Waals surface area (Å²) in [6, 6.07) is 14.0. The third kappa shape index (κ3) is 2.71. The second kappa shape index (κ2) is 4.94. The number of nitrogens with zero attached hydrogens (tertiary/aromatic N) is 1. The monoisotopic (exact) mass is 271 g/mol. The van der Waals surface area contributed by atoms with Crippen molar-refractivity contribution >= 4 is 28.3 Å². The molecular weight excluding hydrogens is 258 g/mol. The Hall–Kier alpha value is -2.00. The van der Waals surface area contributed by atoms with Crippen LogP contribution in [0.1, 0.15) is 11.4 Å². The van der Waals surface area contributed by atoms with Gasteiger partial charge in [0.05, 0.1) is 17.6 Å². The van der Waals surface area contributed by atoms with E-state index in [1.165, 1.54) is 5.56 Å². The average molecular weight is 272 g/mol. The molecule has 3 rings (SSSR count). The number of aromatic nitrogens is 2. The lowest BCUT2D eigenvalue weighted by Crippen LogP contribution is -2.00. The molecule has 2 aromatic carbocycles. The number of hydrogen-bond donors (Lipinski definition) is 2. The second-order valence-electron chi connectivity index (χ2n) is 4.56. The normalized spacial score (nSPS) is 10.8. The number of hydrogen-bond acceptors (Lipinski definition) is 2. The molecule has 19 heavy (non-hydrogen) atoms. The fraction of sp³-hybridized carbons (Fsp3) is 0.133. The van der Waals surface area contributed by atoms with E-state index in [4.69, 9.17) is 11.6 Å². The molecule has 0 saturated heterocycles. The van der Waals surface area contributed by atoms with Gasteiger partial charge in [0.15, 0.2) is 0 Å². The third-order valence-corrected chi connectivity index (χ3v) is 3.24. The summed E-state index contributed by atoms with van der Waals surface area (Å²) < 4.78 is 0. The summed E-state index contributed by atoms with van der Waals surface area (Å²) in [4.78, 5) is 7.77. The van der Waals surface area contributed by atoms with Gasteiger partial charge < -0.3 is 10.3 Å². The molecule has 96 valence electrons. The van der Waals surface area contributed by atoms with Crippen molar-refractivity contribution in [1.82, 2.24) is 9.97 Å². The molecule has 0 saturated carbocycles. The Balaban J connectivity index is 1.76. The Morgan fingerprint density at radius 1 is 1.16 bits per heavy atom. The van der Waals surface area contributed by atoms with Gasteiger partial charge in [0.2, 0.25) is 0 Å². The number of H-pyrrole nitrogens is 1. The molecule has 0 aliphatic heterocycles. The van der Waals surface area contributed by atoms with E-state index in [1.807, 2.05) is 18.2 Å². The van der Waals surface area contributed by atoms with Crippen LogP contribution < -0.4 is 5.32 Å². The predicted molar refractivity (Wildman–Crippen MR) is 79.6 cm³/mol. The largest absolute Gasteiger partial charge is 0.378 e. The molecule has 1 aromatic heterocycles. The van der Waals surface area contributed by atoms with E-state index in [9.17, 15) is 0 Å². The standard InChI is InChI=1S/C15H14ClN3/c1-10-2-5-12(6-3-10)17-9-15-18-13-7-4-11(16)8-14(13)19-15/h2-8,17H,9H2,1H3,(H,18,19). The average Bonchev–Trinajstić information content (AvgIpc) is 2.80. The van der Waals surface area contributed by atoms with Crippen LogP contribution in [0.5, 0.6) is 0 Å². The minimum atomic E-state index is 0.662. The van der Waals surface area contributed by atoms with Crippen LogP contribution in [0.3, 0.4) is 0 Å². The molecular formula is C15H14ClN3. The van der Waals surface area contributed by atoms with Crippen molar-refractivity contribution in [3.8, 4) is 0 Å². The lowest BCUT2D eigenvalue weighted by Gasteiger charge is -2.04. The molecule has 0 unspecified atom stereocenters. The molecule has 3 aromatic rings. The minimum absolute atomic E-state index is 0.662. The number of aromatic amines is 1. The van der Waals surface area contributed by atoms with Gasteiger partial charge in [0.1, 0.15) is 5.82 Å². The van der Waals surface area contributed by atoms with Crippen LogP contribution in [-0.2, 0) is 6.54 Å². The van der Waals surface area contributed by atoms with Crippen molar-refractivity contribution in [2.45, 2.75) is 13.5 Å². The molecule has 0 spiro atoms. The fourth-order valence-electron chi connectivity index (χ4n) is 1.98. The summed E-state index contributed by atoms with van der Waals surface area (Å²) >= 11 is 5.95. The molecule has 4 heteroatoms. The molecule has 2 N–H and O–H groups in total. The third-order valence-electron chi connectivity index (χ3n) is 3.00. The predicted octanol–water partition coefficient (Wildman–Crippen LogP) is 4.14. The molecule has 0 amide bonds. The number of aryl methyl sites for hydroxylation is 1. The smallest absolute Gasteiger partial charge is 0.126 e. The van der Waals surface area contributed by atoms with E-state index in [-0.39, 0.29) is 0 Å². The maximum Gasteiger partial charge on any atom is 0.126 e. The van der Waals surface area contributed by atoms with Crippen LogP contribution in [0.25, 0.3) is 11.0 Å². The Morgan fingerprint density at radius 2 is 1.95 bits per heavy atom. The Labute approximate surface area is 116 Å². The van der Waals surface area contributed by atoms with Crippen LogP contribution in [-0.4, -0.2) is 9.97 Å². The molecule has 0 atom stereocenters. The van der Waals surface area contributed by atoms with E-state index in [1.54, 1.807) is 0 Å². The Kier molecular flexibility index (Phi) is 3.13. The number of imidazole rings is 1. The van der Waals surface area contributed by atoms with Gasteiger partial charge in [-0.3, -0.25) is 0 Å². The van der Waals surface area contributed by atoms with Gasteiger partial charge in [-0.2, -0.15) is 0 Å². The maximum absolute atomic E-state index is 5.95. The van der Waals surface area contributed by atoms with Gasteiger partial charge in [-0.25, -0.2) is 4.98 Å². The van der Waals surface area contributed by atoms with Crippen molar-refractivity contribution in [2.75, 3.05) is 5.32 Å². The van der Waals surface area contributed by atoms with Crippen molar-refractivity contribution < 1.29 is 0 Å². The first-order chi connectivity index (χ1) is 9.20. The van der Waals surface area contributed by atoms with Crippen LogP contribution >= 0.6 is 11.6 Å². The Bertz CT molecular complexity index is 701. The van der Waals surface area contributed by atoms with Crippen molar-refractivity contribution in [3.63, 3.8) is 0 Å². The number of rotatable bonds is 3. The summed E-state index contributed by atoms with van der Waals surface area (Å²) in [6.07, 6.45) is 0. The van der Waals surface area contributed by atoms with E-state index in [2.05, 4.69) is 46.5 Å². The number of anilines is 1. The number of halogens is 1. The first-order valence-corrected chi connectivity index (χ1v) is 6.53. The van der Waals surface area contributed by atoms with Gasteiger partial charge in [-0.05, 0) is 37.3 Å². The maximum atomic E-state index is 5.95. The van der Waals surface area contributed by atoms with Gasteiger partial charge in [0, 0.05) is 10.7 Å². The number of benzene rings is 2. The topological polar surface area (TPSA) is 40.7 Å². The SMILES string of the molecule is Cc1ccc(NCc2nc3ccc(Cl)cc3[nH]2)cc1. The minimum Gasteiger partial charge on any atom is -0.378 e. The Morgan fingerprint density at radius 3 is 2.74 bits per heavy atom. The van der Waals surface area contributed by atoms with Crippen LogP contribution in [0.4, 0.5) is 5.69 Å². The lowest BCUT2D eigenvalue weighted by molar-refractivity contribution is 1.01. The molecule has 0 aliphatic carbocycles. The lowest BCUT2D eigenvalue weighted by atomic mass is 10.2. The van der Waals surface area contributed by atoms with Gasteiger partial charge in [-0.15, -0.1) is 0 Å². The highest BCUT2D eigenvalue weighted by Crippen LogP contribution is 2.17. The highest BCUT2D eigenvalue weighted by atomic mass is 35.5. The van der Waals surface area contributed by atoms with Crippen LogP contribution in [0.2, 0.25) is 5.02 Å². The quantitative estimate of drug-likeness (QED) is 0.752. The van der Waals surface area contributed by atoms with Crippen LogP contribution in [0, 0.1) is 6.92 Å². The highest BCUT2D eigenvalue weighted by molar-refractivity contribution is 6.31. The summed E-state index contributed by atoms with van der Waals surface area (Å²) in [5, 5.41) is 4.05. The zero-order valence-electron chi connectivity index (χ0n) is 10.6. The first kappa shape index (κ1) is 12.1. The zero-order valence-corrected chi connectivity index (χ0v) is 11.3. The summed E-state index contributed by atoms with van der Waals surface area (Å²) in [7, 11) is 0. The van der Waals surface area contributed by atoms with Crippen LogP contribution in [0.15, 0.2) is 42.5 Å². The molecule has 3 nitrogen and oxygen atoms in total. The highest BCUT2D eigenvalue weighted by Gasteiger charge is 2.03. The van der Waals surface area contributed by atoms with E-state index < -0.39 is 0 Å². The number of fused-ring (bicyclic) bond motifs is 1. The molecule has 1 heterocycles. The van der Waals surface area contributed by atoms with E-state index in [0.717, 1.165) is 22.5 Å². The van der Waals surface area contributed by atoms with Crippen molar-refractivity contribution in [3.05, 3.63) is 58.9 Å². The molecule has 0 radical (unpaired) electrons. The fourth-order valence-corrected chi connectivity index (χ4v) is 2.15. The summed E-state index contributed by atoms with van der Waals surface area (Å²) in [5.41, 5.74) is 4.24. The second-order valence-corrected chi connectivity index (χ2v) is 5.00. The van der Waals surface area contributed by atoms with E-state index >= 15 is 0 Å². The molecule has 0 bridgehead atoms. The first-order valence-electron chi connectivity index (χ1n) is 6.15.